The molecule has 3 N–H and O–H groups in total. The Bertz CT molecular complexity index is 475. The van der Waals surface area contributed by atoms with E-state index in [0.717, 1.165) is 18.8 Å². The summed E-state index contributed by atoms with van der Waals surface area (Å²) in [4.78, 5) is 27.1. The monoisotopic (exact) mass is 262 g/mol. The fourth-order valence-corrected chi connectivity index (χ4v) is 1.88. The van der Waals surface area contributed by atoms with Gasteiger partial charge >= 0.3 is 0 Å². The summed E-state index contributed by atoms with van der Waals surface area (Å²) in [6.45, 7) is 2.94. The van der Waals surface area contributed by atoms with Crippen LogP contribution in [0.5, 0.6) is 0 Å². The van der Waals surface area contributed by atoms with E-state index in [4.69, 9.17) is 0 Å². The lowest BCUT2D eigenvalue weighted by atomic mass is 10.1. The number of hydrogen-bond donors (Lipinski definition) is 3. The van der Waals surface area contributed by atoms with Crippen molar-refractivity contribution >= 4 is 23.5 Å². The Morgan fingerprint density at radius 1 is 1.37 bits per heavy atom. The number of imide groups is 1. The Hall–Kier alpha value is -2.11. The van der Waals surface area contributed by atoms with Crippen LogP contribution in [0.2, 0.25) is 0 Å². The van der Waals surface area contributed by atoms with Gasteiger partial charge in [-0.2, -0.15) is 0 Å². The Kier molecular flexibility index (Phi) is 4.33. The van der Waals surface area contributed by atoms with Gasteiger partial charge in [-0.1, -0.05) is 13.0 Å². The standard InChI is InChI=1S/C13H18N4O2/c1-2-8-14-10-4-3-5-11(16-10)15-9-6-7-12(18)17-13(9)19/h3-5,9H,2,6-8H2,1H3,(H2,14,15,16)(H,17,18,19). The molecule has 1 atom stereocenters. The molecule has 0 aliphatic carbocycles. The topological polar surface area (TPSA) is 83.1 Å². The molecule has 19 heavy (non-hydrogen) atoms. The van der Waals surface area contributed by atoms with E-state index in [9.17, 15) is 9.59 Å². The molecule has 1 aromatic heterocycles. The highest BCUT2D eigenvalue weighted by Gasteiger charge is 2.26. The van der Waals surface area contributed by atoms with Crippen LogP contribution in [0.15, 0.2) is 18.2 Å². The molecule has 1 unspecified atom stereocenters. The molecule has 2 rings (SSSR count). The number of anilines is 2. The van der Waals surface area contributed by atoms with Gasteiger partial charge in [0, 0.05) is 13.0 Å². The summed E-state index contributed by atoms with van der Waals surface area (Å²) in [7, 11) is 0. The SMILES string of the molecule is CCCNc1cccc(NC2CCC(=O)NC2=O)n1. The van der Waals surface area contributed by atoms with Crippen molar-refractivity contribution in [3.8, 4) is 0 Å². The molecule has 0 bridgehead atoms. The van der Waals surface area contributed by atoms with Crippen LogP contribution in [-0.2, 0) is 9.59 Å². The van der Waals surface area contributed by atoms with E-state index in [2.05, 4.69) is 27.9 Å². The molecule has 1 aromatic rings. The number of carbonyl (C=O) groups is 2. The summed E-state index contributed by atoms with van der Waals surface area (Å²) in [5, 5.41) is 8.55. The van der Waals surface area contributed by atoms with Crippen molar-refractivity contribution in [1.82, 2.24) is 10.3 Å². The van der Waals surface area contributed by atoms with Crippen molar-refractivity contribution in [2.75, 3.05) is 17.2 Å². The highest BCUT2D eigenvalue weighted by atomic mass is 16.2. The van der Waals surface area contributed by atoms with E-state index < -0.39 is 6.04 Å². The largest absolute Gasteiger partial charge is 0.370 e. The van der Waals surface area contributed by atoms with Gasteiger partial charge in [-0.15, -0.1) is 0 Å². The van der Waals surface area contributed by atoms with Gasteiger partial charge in [0.15, 0.2) is 0 Å². The van der Waals surface area contributed by atoms with Crippen molar-refractivity contribution in [3.63, 3.8) is 0 Å². The average Bonchev–Trinajstić information content (AvgIpc) is 2.40. The van der Waals surface area contributed by atoms with E-state index >= 15 is 0 Å². The lowest BCUT2D eigenvalue weighted by molar-refractivity contribution is -0.133. The second-order valence-corrected chi connectivity index (χ2v) is 4.48. The van der Waals surface area contributed by atoms with Gasteiger partial charge in [0.05, 0.1) is 0 Å². The third-order valence-electron chi connectivity index (χ3n) is 2.87. The van der Waals surface area contributed by atoms with Crippen molar-refractivity contribution < 1.29 is 9.59 Å². The number of nitrogens with one attached hydrogen (secondary N) is 3. The van der Waals surface area contributed by atoms with Gasteiger partial charge in [-0.25, -0.2) is 4.98 Å². The molecule has 2 heterocycles. The molecule has 1 fully saturated rings. The summed E-state index contributed by atoms with van der Waals surface area (Å²) in [6, 6.07) is 5.16. The number of amides is 2. The first-order valence-electron chi connectivity index (χ1n) is 6.50. The van der Waals surface area contributed by atoms with Crippen LogP contribution in [0.25, 0.3) is 0 Å². The minimum atomic E-state index is -0.397. The van der Waals surface area contributed by atoms with Gasteiger partial charge < -0.3 is 10.6 Å². The molecule has 0 saturated carbocycles. The third kappa shape index (κ3) is 3.67. The van der Waals surface area contributed by atoms with Crippen molar-refractivity contribution in [2.24, 2.45) is 0 Å². The number of hydrogen-bond acceptors (Lipinski definition) is 5. The molecule has 1 aliphatic heterocycles. The minimum Gasteiger partial charge on any atom is -0.370 e. The van der Waals surface area contributed by atoms with Crippen LogP contribution in [0.1, 0.15) is 26.2 Å². The van der Waals surface area contributed by atoms with Gasteiger partial charge in [-0.05, 0) is 25.0 Å². The molecular weight excluding hydrogens is 244 g/mol. The smallest absolute Gasteiger partial charge is 0.249 e. The lowest BCUT2D eigenvalue weighted by Crippen LogP contribution is -2.47. The van der Waals surface area contributed by atoms with Crippen LogP contribution < -0.4 is 16.0 Å². The molecule has 0 radical (unpaired) electrons. The van der Waals surface area contributed by atoms with Gasteiger partial charge in [0.2, 0.25) is 11.8 Å². The maximum Gasteiger partial charge on any atom is 0.249 e. The summed E-state index contributed by atoms with van der Waals surface area (Å²) in [6.07, 6.45) is 1.88. The van der Waals surface area contributed by atoms with E-state index in [1.807, 2.05) is 12.1 Å². The third-order valence-corrected chi connectivity index (χ3v) is 2.87. The van der Waals surface area contributed by atoms with Gasteiger partial charge in [-0.3, -0.25) is 14.9 Å². The number of pyridine rings is 1. The van der Waals surface area contributed by atoms with Crippen LogP contribution >= 0.6 is 0 Å². The highest BCUT2D eigenvalue weighted by molar-refractivity contribution is 6.01. The summed E-state index contributed by atoms with van der Waals surface area (Å²) < 4.78 is 0. The first kappa shape index (κ1) is 13.3. The zero-order valence-electron chi connectivity index (χ0n) is 10.9. The summed E-state index contributed by atoms with van der Waals surface area (Å²) in [5.74, 6) is 0.911. The quantitative estimate of drug-likeness (QED) is 0.693. The highest BCUT2D eigenvalue weighted by Crippen LogP contribution is 2.14. The average molecular weight is 262 g/mol. The first-order valence-corrected chi connectivity index (χ1v) is 6.50. The summed E-state index contributed by atoms with van der Waals surface area (Å²) >= 11 is 0. The normalized spacial score (nSPS) is 18.9. The lowest BCUT2D eigenvalue weighted by Gasteiger charge is -2.22. The second-order valence-electron chi connectivity index (χ2n) is 4.48. The predicted molar refractivity (Wildman–Crippen MR) is 72.8 cm³/mol. The summed E-state index contributed by atoms with van der Waals surface area (Å²) in [5.41, 5.74) is 0. The maximum atomic E-state index is 11.6. The molecule has 6 heteroatoms. The molecule has 1 aliphatic rings. The van der Waals surface area contributed by atoms with Crippen molar-refractivity contribution in [1.29, 1.82) is 0 Å². The van der Waals surface area contributed by atoms with Crippen molar-refractivity contribution in [2.45, 2.75) is 32.2 Å². The number of piperidine rings is 1. The van der Waals surface area contributed by atoms with Crippen molar-refractivity contribution in [3.05, 3.63) is 18.2 Å². The van der Waals surface area contributed by atoms with E-state index in [0.29, 0.717) is 18.7 Å². The molecule has 2 amide bonds. The Morgan fingerprint density at radius 3 is 2.89 bits per heavy atom. The Balaban J connectivity index is 1.98. The predicted octanol–water partition coefficient (Wildman–Crippen LogP) is 1.12. The zero-order chi connectivity index (χ0) is 13.7. The molecule has 0 aromatic carbocycles. The maximum absolute atomic E-state index is 11.6. The second kappa shape index (κ2) is 6.17. The molecular formula is C13H18N4O2. The number of aromatic nitrogens is 1. The minimum absolute atomic E-state index is 0.214. The molecule has 6 nitrogen and oxygen atoms in total. The molecule has 1 saturated heterocycles. The zero-order valence-corrected chi connectivity index (χ0v) is 10.9. The number of nitrogens with zero attached hydrogens (tertiary/aromatic N) is 1. The fourth-order valence-electron chi connectivity index (χ4n) is 1.88. The Labute approximate surface area is 112 Å². The Morgan fingerprint density at radius 2 is 2.16 bits per heavy atom. The molecule has 102 valence electrons. The van der Waals surface area contributed by atoms with Gasteiger partial charge in [0.1, 0.15) is 17.7 Å². The van der Waals surface area contributed by atoms with E-state index in [1.165, 1.54) is 0 Å². The van der Waals surface area contributed by atoms with Crippen LogP contribution in [-0.4, -0.2) is 29.4 Å². The van der Waals surface area contributed by atoms with E-state index in [-0.39, 0.29) is 11.8 Å². The van der Waals surface area contributed by atoms with Crippen LogP contribution in [0.3, 0.4) is 0 Å². The van der Waals surface area contributed by atoms with Gasteiger partial charge in [0.25, 0.3) is 0 Å². The number of rotatable bonds is 5. The first-order chi connectivity index (χ1) is 9.19. The van der Waals surface area contributed by atoms with Crippen LogP contribution in [0, 0.1) is 0 Å². The fraction of sp³-hybridized carbons (Fsp3) is 0.462. The van der Waals surface area contributed by atoms with E-state index in [1.54, 1.807) is 6.07 Å². The van der Waals surface area contributed by atoms with Crippen LogP contribution in [0.4, 0.5) is 11.6 Å². The molecule has 0 spiro atoms. The number of carbonyl (C=O) groups excluding carboxylic acids is 2.